The van der Waals surface area contributed by atoms with Crippen molar-refractivity contribution in [1.82, 2.24) is 9.55 Å². The molecule has 3 N–H and O–H groups in total. The molecule has 7 heteroatoms. The largest absolute Gasteiger partial charge is 0.481 e. The number of aliphatic carboxylic acids is 1. The Bertz CT molecular complexity index is 632. The van der Waals surface area contributed by atoms with Gasteiger partial charge in [0.1, 0.15) is 0 Å². The number of aryl methyl sites for hydroxylation is 1. The maximum Gasteiger partial charge on any atom is 0.348 e. The number of hydrogen-bond acceptors (Lipinski definition) is 4. The summed E-state index contributed by atoms with van der Waals surface area (Å²) in [5.74, 6) is -1.43. The van der Waals surface area contributed by atoms with Crippen LogP contribution in [0.5, 0.6) is 0 Å². The van der Waals surface area contributed by atoms with E-state index >= 15 is 0 Å². The van der Waals surface area contributed by atoms with Crippen LogP contribution < -0.4 is 11.4 Å². The number of carbonyl (C=O) groups excluding carboxylic acids is 1. The predicted molar refractivity (Wildman–Crippen MR) is 77.1 cm³/mol. The number of primary amides is 1. The van der Waals surface area contributed by atoms with Crippen molar-refractivity contribution >= 4 is 11.9 Å². The summed E-state index contributed by atoms with van der Waals surface area (Å²) in [5, 5.41) is 8.81. The molecule has 0 unspecified atom stereocenters. The van der Waals surface area contributed by atoms with Crippen LogP contribution in [0, 0.1) is 13.8 Å². The van der Waals surface area contributed by atoms with Gasteiger partial charge in [0.25, 0.3) is 0 Å². The van der Waals surface area contributed by atoms with E-state index in [1.165, 1.54) is 4.57 Å². The van der Waals surface area contributed by atoms with E-state index in [0.29, 0.717) is 11.4 Å². The molecule has 0 saturated heterocycles. The summed E-state index contributed by atoms with van der Waals surface area (Å²) in [7, 11) is 0. The molecule has 21 heavy (non-hydrogen) atoms. The van der Waals surface area contributed by atoms with Crippen molar-refractivity contribution in [3.8, 4) is 0 Å². The summed E-state index contributed by atoms with van der Waals surface area (Å²) < 4.78 is 1.42. The Morgan fingerprint density at radius 1 is 1.33 bits per heavy atom. The van der Waals surface area contributed by atoms with Crippen LogP contribution >= 0.6 is 0 Å². The summed E-state index contributed by atoms with van der Waals surface area (Å²) in [5.41, 5.74) is 5.81. The van der Waals surface area contributed by atoms with Crippen molar-refractivity contribution in [1.29, 1.82) is 0 Å². The van der Waals surface area contributed by atoms with Crippen LogP contribution in [0.15, 0.2) is 4.79 Å². The van der Waals surface area contributed by atoms with Gasteiger partial charge in [-0.05, 0) is 39.7 Å². The summed E-state index contributed by atoms with van der Waals surface area (Å²) in [4.78, 5) is 38.0. The smallest absolute Gasteiger partial charge is 0.348 e. The molecule has 0 aromatic carbocycles. The molecular weight excluding hydrogens is 274 g/mol. The van der Waals surface area contributed by atoms with Crippen LogP contribution in [0.25, 0.3) is 0 Å². The first-order valence-corrected chi connectivity index (χ1v) is 6.66. The molecule has 1 aromatic heterocycles. The van der Waals surface area contributed by atoms with Crippen LogP contribution in [0.2, 0.25) is 0 Å². The zero-order valence-corrected chi connectivity index (χ0v) is 12.8. The third kappa shape index (κ3) is 3.90. The van der Waals surface area contributed by atoms with Crippen LogP contribution in [-0.4, -0.2) is 26.5 Å². The molecule has 1 amide bonds. The van der Waals surface area contributed by atoms with E-state index in [4.69, 9.17) is 10.8 Å². The molecule has 0 aliphatic rings. The molecular formula is C14H21N3O4. The average Bonchev–Trinajstić information content (AvgIpc) is 2.24. The Kier molecular flexibility index (Phi) is 4.88. The summed E-state index contributed by atoms with van der Waals surface area (Å²) >= 11 is 0. The van der Waals surface area contributed by atoms with Crippen LogP contribution in [0.4, 0.5) is 0 Å². The normalized spacial score (nSPS) is 11.4. The third-order valence-corrected chi connectivity index (χ3v) is 3.46. The Hall–Kier alpha value is -2.18. The van der Waals surface area contributed by atoms with Crippen molar-refractivity contribution in [2.24, 2.45) is 5.73 Å². The van der Waals surface area contributed by atoms with Crippen molar-refractivity contribution < 1.29 is 14.7 Å². The van der Waals surface area contributed by atoms with Crippen LogP contribution in [-0.2, 0) is 21.5 Å². The number of carboxylic acids is 1. The van der Waals surface area contributed by atoms with E-state index in [9.17, 15) is 14.4 Å². The standard InChI is InChI=1S/C14H21N3O4/c1-8-10(5-6-12(19)20)9(2)17(13(21)16-8)14(3,4)7-11(15)18/h5-7H2,1-4H3,(H2,15,18)(H,19,20). The Morgan fingerprint density at radius 3 is 2.38 bits per heavy atom. The number of nitrogens with zero attached hydrogens (tertiary/aromatic N) is 2. The second kappa shape index (κ2) is 6.07. The molecule has 0 fully saturated rings. The molecule has 0 aliphatic carbocycles. The van der Waals surface area contributed by atoms with Gasteiger partial charge < -0.3 is 10.8 Å². The van der Waals surface area contributed by atoms with Gasteiger partial charge in [0.05, 0.1) is 5.54 Å². The van der Waals surface area contributed by atoms with Gasteiger partial charge in [-0.25, -0.2) is 4.79 Å². The number of rotatable bonds is 6. The second-order valence-electron chi connectivity index (χ2n) is 5.73. The average molecular weight is 295 g/mol. The summed E-state index contributed by atoms with van der Waals surface area (Å²) in [6.45, 7) is 6.86. The van der Waals surface area contributed by atoms with Gasteiger partial charge in [-0.3, -0.25) is 14.2 Å². The maximum absolute atomic E-state index is 12.2. The van der Waals surface area contributed by atoms with Gasteiger partial charge in [-0.1, -0.05) is 0 Å². The Balaban J connectivity index is 3.39. The lowest BCUT2D eigenvalue weighted by Gasteiger charge is -2.29. The first-order valence-electron chi connectivity index (χ1n) is 6.66. The molecule has 0 atom stereocenters. The number of nitrogens with two attached hydrogens (primary N) is 1. The zero-order chi connectivity index (χ0) is 16.4. The SMILES string of the molecule is Cc1nc(=O)n(C(C)(C)CC(N)=O)c(C)c1CCC(=O)O. The minimum Gasteiger partial charge on any atom is -0.481 e. The quantitative estimate of drug-likeness (QED) is 0.792. The fourth-order valence-corrected chi connectivity index (χ4v) is 2.61. The molecule has 116 valence electrons. The highest BCUT2D eigenvalue weighted by Crippen LogP contribution is 2.22. The molecule has 0 radical (unpaired) electrons. The van der Waals surface area contributed by atoms with Gasteiger partial charge in [0, 0.05) is 24.2 Å². The lowest BCUT2D eigenvalue weighted by atomic mass is 9.97. The number of carbonyl (C=O) groups is 2. The molecule has 0 bridgehead atoms. The number of amides is 1. The molecule has 1 aromatic rings. The highest BCUT2D eigenvalue weighted by Gasteiger charge is 2.27. The van der Waals surface area contributed by atoms with Gasteiger partial charge >= 0.3 is 11.7 Å². The van der Waals surface area contributed by atoms with E-state index < -0.39 is 23.1 Å². The molecule has 0 aliphatic heterocycles. The summed E-state index contributed by atoms with van der Waals surface area (Å²) in [6.07, 6.45) is 0.238. The van der Waals surface area contributed by atoms with Gasteiger partial charge in [-0.2, -0.15) is 4.98 Å². The third-order valence-electron chi connectivity index (χ3n) is 3.46. The number of carboxylic acid groups (broad SMARTS) is 1. The van der Waals surface area contributed by atoms with Crippen molar-refractivity contribution in [2.45, 2.75) is 52.5 Å². The number of hydrogen-bond donors (Lipinski definition) is 2. The topological polar surface area (TPSA) is 115 Å². The van der Waals surface area contributed by atoms with Crippen molar-refractivity contribution in [3.05, 3.63) is 27.4 Å². The van der Waals surface area contributed by atoms with Crippen LogP contribution in [0.3, 0.4) is 0 Å². The molecule has 1 rings (SSSR count). The Labute approximate surface area is 122 Å². The van der Waals surface area contributed by atoms with Crippen molar-refractivity contribution in [3.63, 3.8) is 0 Å². The molecule has 7 nitrogen and oxygen atoms in total. The predicted octanol–water partition coefficient (Wildman–Crippen LogP) is 0.488. The van der Waals surface area contributed by atoms with Crippen molar-refractivity contribution in [2.75, 3.05) is 0 Å². The Morgan fingerprint density at radius 2 is 1.90 bits per heavy atom. The maximum atomic E-state index is 12.2. The van der Waals surface area contributed by atoms with Gasteiger partial charge in [0.15, 0.2) is 0 Å². The fourth-order valence-electron chi connectivity index (χ4n) is 2.61. The zero-order valence-electron chi connectivity index (χ0n) is 12.8. The molecule has 0 saturated carbocycles. The minimum atomic E-state index is -0.914. The molecule has 0 spiro atoms. The van der Waals surface area contributed by atoms with E-state index in [1.54, 1.807) is 27.7 Å². The van der Waals surface area contributed by atoms with E-state index in [2.05, 4.69) is 4.98 Å². The first kappa shape index (κ1) is 16.9. The van der Waals surface area contributed by atoms with Crippen LogP contribution in [0.1, 0.15) is 43.6 Å². The van der Waals surface area contributed by atoms with Gasteiger partial charge in [0.2, 0.25) is 5.91 Å². The highest BCUT2D eigenvalue weighted by molar-refractivity contribution is 5.74. The van der Waals surface area contributed by atoms with E-state index in [0.717, 1.165) is 5.56 Å². The minimum absolute atomic E-state index is 0.00312. The highest BCUT2D eigenvalue weighted by atomic mass is 16.4. The number of aromatic nitrogens is 2. The second-order valence-corrected chi connectivity index (χ2v) is 5.73. The monoisotopic (exact) mass is 295 g/mol. The first-order chi connectivity index (χ1) is 9.56. The van der Waals surface area contributed by atoms with Gasteiger partial charge in [-0.15, -0.1) is 0 Å². The van der Waals surface area contributed by atoms with E-state index in [-0.39, 0.29) is 19.3 Å². The lowest BCUT2D eigenvalue weighted by Crippen LogP contribution is -2.42. The molecule has 1 heterocycles. The fraction of sp³-hybridized carbons (Fsp3) is 0.571. The van der Waals surface area contributed by atoms with E-state index in [1.807, 2.05) is 0 Å². The summed E-state index contributed by atoms with van der Waals surface area (Å²) in [6, 6.07) is 0. The lowest BCUT2D eigenvalue weighted by molar-refractivity contribution is -0.137.